The van der Waals surface area contributed by atoms with E-state index in [1.54, 1.807) is 11.3 Å². The van der Waals surface area contributed by atoms with Gasteiger partial charge in [0.15, 0.2) is 0 Å². The fraction of sp³-hybridized carbons (Fsp3) is 0.643. The van der Waals surface area contributed by atoms with Crippen LogP contribution in [-0.2, 0) is 4.79 Å². The molecule has 1 unspecified atom stereocenters. The first kappa shape index (κ1) is 15.8. The Balaban J connectivity index is 1.85. The lowest BCUT2D eigenvalue weighted by molar-refractivity contribution is -0.141. The summed E-state index contributed by atoms with van der Waals surface area (Å²) in [7, 11) is 0. The van der Waals surface area contributed by atoms with Gasteiger partial charge in [0.2, 0.25) is 0 Å². The van der Waals surface area contributed by atoms with Gasteiger partial charge in [-0.3, -0.25) is 4.79 Å². The zero-order valence-electron chi connectivity index (χ0n) is 12.5. The summed E-state index contributed by atoms with van der Waals surface area (Å²) in [4.78, 5) is 28.3. The molecule has 1 aliphatic carbocycles. The van der Waals surface area contributed by atoms with E-state index in [-0.39, 0.29) is 24.0 Å². The predicted molar refractivity (Wildman–Crippen MR) is 80.4 cm³/mol. The second-order valence-corrected chi connectivity index (χ2v) is 6.80. The monoisotopic (exact) mass is 311 g/mol. The van der Waals surface area contributed by atoms with Gasteiger partial charge < -0.3 is 15.7 Å². The summed E-state index contributed by atoms with van der Waals surface area (Å²) < 4.78 is 0. The van der Waals surface area contributed by atoms with E-state index < -0.39 is 5.97 Å². The van der Waals surface area contributed by atoms with Crippen molar-refractivity contribution in [3.8, 4) is 0 Å². The van der Waals surface area contributed by atoms with Crippen LogP contribution in [0.2, 0.25) is 0 Å². The maximum Gasteiger partial charge on any atom is 0.315 e. The molecule has 2 amide bonds. The molecule has 1 fully saturated rings. The van der Waals surface area contributed by atoms with Crippen molar-refractivity contribution in [3.05, 3.63) is 15.6 Å². The third-order valence-corrected chi connectivity index (χ3v) is 5.05. The van der Waals surface area contributed by atoms with Crippen molar-refractivity contribution >= 4 is 23.3 Å². The minimum Gasteiger partial charge on any atom is -0.481 e. The molecule has 1 saturated carbocycles. The van der Waals surface area contributed by atoms with Crippen LogP contribution in [0.1, 0.15) is 47.8 Å². The van der Waals surface area contributed by atoms with E-state index in [4.69, 9.17) is 5.11 Å². The molecule has 2 rings (SSSR count). The number of aryl methyl sites for hydroxylation is 2. The van der Waals surface area contributed by atoms with Crippen LogP contribution in [0, 0.1) is 19.8 Å². The van der Waals surface area contributed by atoms with Crippen molar-refractivity contribution in [2.24, 2.45) is 5.92 Å². The summed E-state index contributed by atoms with van der Waals surface area (Å²) in [6.07, 6.45) is 1.86. The van der Waals surface area contributed by atoms with Crippen molar-refractivity contribution in [3.63, 3.8) is 0 Å². The smallest absolute Gasteiger partial charge is 0.315 e. The summed E-state index contributed by atoms with van der Waals surface area (Å²) in [5, 5.41) is 15.7. The molecule has 21 heavy (non-hydrogen) atoms. The highest BCUT2D eigenvalue weighted by atomic mass is 32.1. The topological polar surface area (TPSA) is 91.3 Å². The predicted octanol–water partition coefficient (Wildman–Crippen LogP) is 2.37. The Kier molecular flexibility index (Phi) is 4.82. The van der Waals surface area contributed by atoms with Crippen molar-refractivity contribution in [1.82, 2.24) is 15.6 Å². The highest BCUT2D eigenvalue weighted by Crippen LogP contribution is 2.26. The van der Waals surface area contributed by atoms with Crippen molar-refractivity contribution in [2.75, 3.05) is 0 Å². The summed E-state index contributed by atoms with van der Waals surface area (Å²) >= 11 is 1.58. The van der Waals surface area contributed by atoms with Gasteiger partial charge in [-0.15, -0.1) is 11.3 Å². The molecular formula is C14H21N3O3S. The lowest BCUT2D eigenvalue weighted by Gasteiger charge is -2.17. The van der Waals surface area contributed by atoms with Crippen LogP contribution in [-0.4, -0.2) is 28.1 Å². The Labute approximate surface area is 128 Å². The maximum atomic E-state index is 12.0. The molecule has 3 atom stereocenters. The third kappa shape index (κ3) is 3.93. The van der Waals surface area contributed by atoms with E-state index in [1.807, 2.05) is 20.8 Å². The van der Waals surface area contributed by atoms with Gasteiger partial charge in [0.1, 0.15) is 0 Å². The number of thiazole rings is 1. The third-order valence-electron chi connectivity index (χ3n) is 3.80. The number of hydrogen-bond acceptors (Lipinski definition) is 4. The molecule has 3 N–H and O–H groups in total. The number of carbonyl (C=O) groups excluding carboxylic acids is 1. The van der Waals surface area contributed by atoms with Gasteiger partial charge in [-0.1, -0.05) is 0 Å². The molecule has 6 nitrogen and oxygen atoms in total. The van der Waals surface area contributed by atoms with Gasteiger partial charge in [-0.05, 0) is 40.0 Å². The van der Waals surface area contributed by atoms with Gasteiger partial charge in [0, 0.05) is 10.9 Å². The normalized spacial score (nSPS) is 22.8. The lowest BCUT2D eigenvalue weighted by atomic mass is 10.1. The van der Waals surface area contributed by atoms with Gasteiger partial charge in [0.05, 0.1) is 22.7 Å². The fourth-order valence-electron chi connectivity index (χ4n) is 2.77. The highest BCUT2D eigenvalue weighted by Gasteiger charge is 2.30. The minimum absolute atomic E-state index is 0.0532. The number of aromatic nitrogens is 1. The average molecular weight is 311 g/mol. The van der Waals surface area contributed by atoms with E-state index in [0.717, 1.165) is 22.0 Å². The molecule has 0 bridgehead atoms. The Hall–Kier alpha value is -1.63. The molecule has 1 aromatic rings. The Morgan fingerprint density at radius 3 is 2.62 bits per heavy atom. The van der Waals surface area contributed by atoms with E-state index in [2.05, 4.69) is 15.6 Å². The first-order valence-corrected chi connectivity index (χ1v) is 7.92. The van der Waals surface area contributed by atoms with Gasteiger partial charge >= 0.3 is 12.0 Å². The molecule has 1 aliphatic rings. The molecule has 0 spiro atoms. The van der Waals surface area contributed by atoms with Crippen LogP contribution in [0.3, 0.4) is 0 Å². The summed E-state index contributed by atoms with van der Waals surface area (Å²) in [5.41, 5.74) is 0.942. The Morgan fingerprint density at radius 1 is 1.38 bits per heavy atom. The van der Waals surface area contributed by atoms with Crippen molar-refractivity contribution in [1.29, 1.82) is 0 Å². The number of aliphatic carboxylic acids is 1. The molecule has 0 saturated heterocycles. The van der Waals surface area contributed by atoms with E-state index in [1.165, 1.54) is 0 Å². The van der Waals surface area contributed by atoms with E-state index in [0.29, 0.717) is 12.8 Å². The van der Waals surface area contributed by atoms with Gasteiger partial charge in [-0.25, -0.2) is 9.78 Å². The molecule has 1 heterocycles. The highest BCUT2D eigenvalue weighted by molar-refractivity contribution is 7.11. The first-order chi connectivity index (χ1) is 9.86. The SMILES string of the molecule is Cc1nc(C)c(C(C)NC(=O)N[C@H]2CC[C@@H](C(=O)O)C2)s1. The summed E-state index contributed by atoms with van der Waals surface area (Å²) in [6.45, 7) is 5.80. The fourth-order valence-corrected chi connectivity index (χ4v) is 3.70. The Bertz CT molecular complexity index is 544. The lowest BCUT2D eigenvalue weighted by Crippen LogP contribution is -2.42. The number of carboxylic acids is 1. The van der Waals surface area contributed by atoms with Crippen LogP contribution in [0.4, 0.5) is 4.79 Å². The second kappa shape index (κ2) is 6.43. The number of rotatable bonds is 4. The van der Waals surface area contributed by atoms with Crippen molar-refractivity contribution < 1.29 is 14.7 Å². The van der Waals surface area contributed by atoms with Crippen LogP contribution >= 0.6 is 11.3 Å². The minimum atomic E-state index is -0.774. The number of carboxylic acid groups (broad SMARTS) is 1. The van der Waals surface area contributed by atoms with Gasteiger partial charge in [-0.2, -0.15) is 0 Å². The molecule has 1 aromatic heterocycles. The van der Waals surface area contributed by atoms with Crippen molar-refractivity contribution in [2.45, 2.75) is 52.1 Å². The van der Waals surface area contributed by atoms with Crippen LogP contribution in [0.15, 0.2) is 0 Å². The number of nitrogens with one attached hydrogen (secondary N) is 2. The molecule has 0 radical (unpaired) electrons. The number of amides is 2. The summed E-state index contributed by atoms with van der Waals surface area (Å²) in [5.74, 6) is -1.11. The zero-order chi connectivity index (χ0) is 15.6. The number of nitrogens with zero attached hydrogens (tertiary/aromatic N) is 1. The van der Waals surface area contributed by atoms with Crippen LogP contribution < -0.4 is 10.6 Å². The standard InChI is InChI=1S/C14H21N3O3S/c1-7-12(21-9(3)15-7)8(2)16-14(20)17-11-5-4-10(6-11)13(18)19/h8,10-11H,4-6H2,1-3H3,(H,18,19)(H2,16,17,20)/t8?,10-,11+/m1/s1. The molecule has 116 valence electrons. The van der Waals surface area contributed by atoms with Crippen LogP contribution in [0.5, 0.6) is 0 Å². The molecular weight excluding hydrogens is 290 g/mol. The number of carbonyl (C=O) groups is 2. The Morgan fingerprint density at radius 2 is 2.10 bits per heavy atom. The largest absolute Gasteiger partial charge is 0.481 e. The molecule has 0 aromatic carbocycles. The van der Waals surface area contributed by atoms with E-state index >= 15 is 0 Å². The maximum absolute atomic E-state index is 12.0. The van der Waals surface area contributed by atoms with Crippen LogP contribution in [0.25, 0.3) is 0 Å². The van der Waals surface area contributed by atoms with Gasteiger partial charge in [0.25, 0.3) is 0 Å². The number of urea groups is 1. The van der Waals surface area contributed by atoms with E-state index in [9.17, 15) is 9.59 Å². The first-order valence-electron chi connectivity index (χ1n) is 7.10. The molecule has 7 heteroatoms. The average Bonchev–Trinajstić information content (AvgIpc) is 2.95. The summed E-state index contributed by atoms with van der Waals surface area (Å²) in [6, 6.07) is -0.403. The zero-order valence-corrected chi connectivity index (χ0v) is 13.3. The second-order valence-electron chi connectivity index (χ2n) is 5.57. The molecule has 0 aliphatic heterocycles. The quantitative estimate of drug-likeness (QED) is 0.796. The number of hydrogen-bond donors (Lipinski definition) is 3.